The van der Waals surface area contributed by atoms with Crippen molar-refractivity contribution < 1.29 is 17.9 Å². The van der Waals surface area contributed by atoms with Crippen LogP contribution < -0.4 is 26.0 Å². The molecule has 13 heteroatoms. The smallest absolute Gasteiger partial charge is 0.319 e. The zero-order chi connectivity index (χ0) is 25.7. The molecule has 4 N–H and O–H groups in total. The van der Waals surface area contributed by atoms with Gasteiger partial charge in [-0.2, -0.15) is 9.97 Å². The summed E-state index contributed by atoms with van der Waals surface area (Å²) in [6.07, 6.45) is -0.347. The van der Waals surface area contributed by atoms with Gasteiger partial charge in [-0.15, -0.1) is 0 Å². The monoisotopic (exact) mass is 549 g/mol. The lowest BCUT2D eigenvalue weighted by Crippen LogP contribution is -2.44. The zero-order valence-electron chi connectivity index (χ0n) is 19.5. The maximum atomic E-state index is 16.3. The molecule has 0 saturated carbocycles. The number of nitrogens with zero attached hydrogens (tertiary/aromatic N) is 4. The summed E-state index contributed by atoms with van der Waals surface area (Å²) in [6, 6.07) is 6.40. The molecule has 37 heavy (non-hydrogen) atoms. The molecule has 2 fully saturated rings. The number of anilines is 2. The molecular weight excluding hydrogens is 527 g/mol. The molecule has 2 aromatic carbocycles. The number of hydrogen-bond acceptors (Lipinski definition) is 9. The number of para-hydroxylation sites is 1. The van der Waals surface area contributed by atoms with Gasteiger partial charge in [-0.05, 0) is 12.1 Å². The third-order valence-electron chi connectivity index (χ3n) is 6.57. The van der Waals surface area contributed by atoms with Crippen LogP contribution in [0.2, 0.25) is 5.02 Å². The highest BCUT2D eigenvalue weighted by atomic mass is 35.5. The number of benzene rings is 2. The van der Waals surface area contributed by atoms with Crippen molar-refractivity contribution in [2.24, 2.45) is 0 Å². The van der Waals surface area contributed by atoms with Crippen LogP contribution >= 0.6 is 22.9 Å². The molecule has 194 valence electrons. The van der Waals surface area contributed by atoms with Gasteiger partial charge in [0.2, 0.25) is 0 Å². The molecule has 8 nitrogen and oxygen atoms in total. The minimum Gasteiger partial charge on any atom is -0.462 e. The van der Waals surface area contributed by atoms with Crippen LogP contribution in [0.15, 0.2) is 24.3 Å². The highest BCUT2D eigenvalue weighted by molar-refractivity contribution is 7.22. The van der Waals surface area contributed by atoms with Crippen LogP contribution in [-0.4, -0.2) is 66.2 Å². The molecule has 1 atom stereocenters. The van der Waals surface area contributed by atoms with Crippen LogP contribution in [0.4, 0.5) is 24.1 Å². The topological polar surface area (TPSA) is 101 Å². The van der Waals surface area contributed by atoms with Crippen LogP contribution in [0.3, 0.4) is 0 Å². The van der Waals surface area contributed by atoms with Gasteiger partial charge in [0.15, 0.2) is 10.9 Å². The second-order valence-electron chi connectivity index (χ2n) is 9.16. The van der Waals surface area contributed by atoms with Crippen molar-refractivity contribution >= 4 is 55.0 Å². The van der Waals surface area contributed by atoms with E-state index in [9.17, 15) is 8.78 Å². The number of thiazole rings is 1. The van der Waals surface area contributed by atoms with Gasteiger partial charge in [0.1, 0.15) is 17.9 Å². The number of rotatable bonds is 5. The Balaban J connectivity index is 1.47. The molecule has 2 aliphatic rings. The van der Waals surface area contributed by atoms with Crippen LogP contribution in [0, 0.1) is 5.82 Å². The molecular formula is C24H23ClF3N7OS. The standard InChI is InChI=1S/C24H23ClF3N7OS/c25-15-8-14-20(18(26)17(15)13-2-1-3-16-19(13)32-22(29)37-16)33-23(34-21(14)35-6-4-30-5-7-35)36-10-12-9-24(27,28)11-31-12/h1-3,8,12,30-31H,4-7,9-11H2,(H2,29,32)/t12-/m0/s1. The summed E-state index contributed by atoms with van der Waals surface area (Å²) in [5.74, 6) is -2.95. The fraction of sp³-hybridized carbons (Fsp3) is 0.375. The van der Waals surface area contributed by atoms with E-state index in [1.54, 1.807) is 18.2 Å². The third-order valence-corrected chi connectivity index (χ3v) is 7.72. The molecule has 0 bridgehead atoms. The summed E-state index contributed by atoms with van der Waals surface area (Å²) >= 11 is 7.98. The number of aromatic nitrogens is 3. The number of piperazine rings is 1. The average molecular weight is 550 g/mol. The van der Waals surface area contributed by atoms with Crippen LogP contribution in [0.5, 0.6) is 6.01 Å². The van der Waals surface area contributed by atoms with Crippen LogP contribution in [-0.2, 0) is 0 Å². The Hall–Kier alpha value is -2.93. The predicted octanol–water partition coefficient (Wildman–Crippen LogP) is 4.07. The van der Waals surface area contributed by atoms with Gasteiger partial charge in [0.25, 0.3) is 5.92 Å². The summed E-state index contributed by atoms with van der Waals surface area (Å²) in [6.45, 7) is 2.26. The minimum atomic E-state index is -2.79. The van der Waals surface area contributed by atoms with Gasteiger partial charge in [0, 0.05) is 55.2 Å². The fourth-order valence-corrected chi connectivity index (χ4v) is 5.90. The molecule has 0 radical (unpaired) electrons. The third kappa shape index (κ3) is 4.63. The Labute approximate surface area is 219 Å². The van der Waals surface area contributed by atoms with Crippen molar-refractivity contribution in [2.75, 3.05) is 50.0 Å². The van der Waals surface area contributed by atoms with Gasteiger partial charge >= 0.3 is 6.01 Å². The van der Waals surface area contributed by atoms with E-state index in [0.29, 0.717) is 40.5 Å². The van der Waals surface area contributed by atoms with Crippen molar-refractivity contribution in [3.05, 3.63) is 35.1 Å². The summed E-state index contributed by atoms with van der Waals surface area (Å²) < 4.78 is 50.1. The van der Waals surface area contributed by atoms with Gasteiger partial charge in [-0.25, -0.2) is 18.2 Å². The van der Waals surface area contributed by atoms with E-state index in [0.717, 1.165) is 17.8 Å². The molecule has 0 aliphatic carbocycles. The van der Waals surface area contributed by atoms with E-state index in [2.05, 4.69) is 25.6 Å². The lowest BCUT2D eigenvalue weighted by atomic mass is 10.0. The largest absolute Gasteiger partial charge is 0.462 e. The zero-order valence-corrected chi connectivity index (χ0v) is 21.1. The van der Waals surface area contributed by atoms with Gasteiger partial charge < -0.3 is 26.0 Å². The molecule has 2 aromatic heterocycles. The molecule has 4 aromatic rings. The summed E-state index contributed by atoms with van der Waals surface area (Å²) in [5, 5.41) is 7.02. The van der Waals surface area contributed by atoms with Crippen molar-refractivity contribution in [1.29, 1.82) is 0 Å². The van der Waals surface area contributed by atoms with E-state index in [-0.39, 0.29) is 35.1 Å². The number of halogens is 4. The molecule has 0 unspecified atom stereocenters. The predicted molar refractivity (Wildman–Crippen MR) is 139 cm³/mol. The molecule has 2 saturated heterocycles. The fourth-order valence-electron chi connectivity index (χ4n) is 4.85. The average Bonchev–Trinajstić information content (AvgIpc) is 3.44. The Bertz CT molecular complexity index is 1490. The number of ether oxygens (including phenoxy) is 1. The van der Waals surface area contributed by atoms with E-state index in [4.69, 9.17) is 22.1 Å². The highest BCUT2D eigenvalue weighted by Crippen LogP contribution is 2.42. The molecule has 4 heterocycles. The Morgan fingerprint density at radius 1 is 1.19 bits per heavy atom. The lowest BCUT2D eigenvalue weighted by Gasteiger charge is -2.29. The quantitative estimate of drug-likeness (QED) is 0.342. The SMILES string of the molecule is Nc1nc2c(-c3c(Cl)cc4c(N5CCNCC5)nc(OC[C@@H]5CC(F)(F)CN5)nc4c3F)cccc2s1. The first kappa shape index (κ1) is 24.4. The van der Waals surface area contributed by atoms with Crippen molar-refractivity contribution in [1.82, 2.24) is 25.6 Å². The second kappa shape index (κ2) is 9.43. The van der Waals surface area contributed by atoms with E-state index in [1.165, 1.54) is 11.3 Å². The van der Waals surface area contributed by atoms with Crippen molar-refractivity contribution in [3.63, 3.8) is 0 Å². The van der Waals surface area contributed by atoms with Crippen LogP contribution in [0.25, 0.3) is 32.2 Å². The molecule has 6 rings (SSSR count). The minimum absolute atomic E-state index is 0.0304. The molecule has 0 amide bonds. The second-order valence-corrected chi connectivity index (χ2v) is 10.6. The van der Waals surface area contributed by atoms with Gasteiger partial charge in [-0.1, -0.05) is 35.1 Å². The van der Waals surface area contributed by atoms with Gasteiger partial charge in [-0.3, -0.25) is 0 Å². The van der Waals surface area contributed by atoms with Gasteiger partial charge in [0.05, 0.1) is 21.8 Å². The van der Waals surface area contributed by atoms with E-state index in [1.807, 2.05) is 11.0 Å². The first-order valence-electron chi connectivity index (χ1n) is 11.8. The number of fused-ring (bicyclic) bond motifs is 2. The lowest BCUT2D eigenvalue weighted by molar-refractivity contribution is 0.0195. The maximum Gasteiger partial charge on any atom is 0.319 e. The highest BCUT2D eigenvalue weighted by Gasteiger charge is 2.39. The number of nitrogens with two attached hydrogens (primary N) is 1. The summed E-state index contributed by atoms with van der Waals surface area (Å²) in [4.78, 5) is 15.3. The Morgan fingerprint density at radius 3 is 2.76 bits per heavy atom. The van der Waals surface area contributed by atoms with Crippen LogP contribution in [0.1, 0.15) is 6.42 Å². The number of nitrogens with one attached hydrogen (secondary N) is 2. The normalized spacial score (nSPS) is 19.7. The first-order chi connectivity index (χ1) is 17.8. The van der Waals surface area contributed by atoms with Crippen molar-refractivity contribution in [2.45, 2.75) is 18.4 Å². The summed E-state index contributed by atoms with van der Waals surface area (Å²) in [7, 11) is 0. The summed E-state index contributed by atoms with van der Waals surface area (Å²) in [5.41, 5.74) is 7.14. The molecule has 0 spiro atoms. The van der Waals surface area contributed by atoms with E-state index >= 15 is 4.39 Å². The first-order valence-corrected chi connectivity index (χ1v) is 13.0. The molecule has 2 aliphatic heterocycles. The van der Waals surface area contributed by atoms with Crippen molar-refractivity contribution in [3.8, 4) is 17.1 Å². The van der Waals surface area contributed by atoms with E-state index < -0.39 is 24.3 Å². The number of alkyl halides is 2. The number of nitrogen functional groups attached to an aromatic ring is 1. The number of hydrogen-bond donors (Lipinski definition) is 3. The Kier molecular flexibility index (Phi) is 6.22. The maximum absolute atomic E-state index is 16.3. The Morgan fingerprint density at radius 2 is 2.00 bits per heavy atom.